The number of hydrogen-bond donors (Lipinski definition) is 3. The van der Waals surface area contributed by atoms with Gasteiger partial charge in [-0.25, -0.2) is 4.79 Å². The van der Waals surface area contributed by atoms with Gasteiger partial charge in [-0.05, 0) is 6.07 Å². The van der Waals surface area contributed by atoms with Crippen LogP contribution in [0.5, 0.6) is 0 Å². The van der Waals surface area contributed by atoms with Gasteiger partial charge in [-0.2, -0.15) is 0 Å². The van der Waals surface area contributed by atoms with Gasteiger partial charge in [0.05, 0.1) is 11.8 Å². The fourth-order valence-corrected chi connectivity index (χ4v) is 0.696. The van der Waals surface area contributed by atoms with Crippen LogP contribution in [0.4, 0.5) is 0 Å². The van der Waals surface area contributed by atoms with Crippen LogP contribution in [-0.4, -0.2) is 21.3 Å². The summed E-state index contributed by atoms with van der Waals surface area (Å²) >= 11 is 0. The zero-order valence-electron chi connectivity index (χ0n) is 5.39. The van der Waals surface area contributed by atoms with Crippen LogP contribution in [-0.2, 0) is 0 Å². The Morgan fingerprint density at radius 3 is 2.55 bits per heavy atom. The van der Waals surface area contributed by atoms with Crippen molar-refractivity contribution in [1.82, 2.24) is 0 Å². The van der Waals surface area contributed by atoms with Crippen molar-refractivity contribution in [1.29, 1.82) is 0 Å². The molecule has 0 atom stereocenters. The second-order valence-corrected chi connectivity index (χ2v) is 1.88. The number of carboxylic acid groups (broad SMARTS) is 1. The number of carboxylic acids is 1. The highest BCUT2D eigenvalue weighted by Gasteiger charge is 2.17. The first kappa shape index (κ1) is 7.77. The van der Waals surface area contributed by atoms with E-state index in [4.69, 9.17) is 15.3 Å². The zero-order valence-corrected chi connectivity index (χ0v) is 5.39. The predicted molar refractivity (Wildman–Crippen MR) is 32.8 cm³/mol. The number of hydrogen-bond acceptors (Lipinski definition) is 4. The van der Waals surface area contributed by atoms with Gasteiger partial charge in [-0.1, -0.05) is 0 Å². The highest BCUT2D eigenvalue weighted by molar-refractivity contribution is 5.86. The topological polar surface area (TPSA) is 90.9 Å². The maximum atomic E-state index is 10.3. The molecule has 0 spiro atoms. The van der Waals surface area contributed by atoms with Gasteiger partial charge in [0.15, 0.2) is 6.29 Å². The molecule has 0 saturated carbocycles. The fourth-order valence-electron chi connectivity index (χ4n) is 0.696. The normalized spacial score (nSPS) is 10.5. The van der Waals surface area contributed by atoms with Crippen molar-refractivity contribution in [2.45, 2.75) is 6.29 Å². The molecular formula is C6H6O5. The van der Waals surface area contributed by atoms with Crippen LogP contribution in [0.25, 0.3) is 0 Å². The molecule has 1 heterocycles. The Kier molecular flexibility index (Phi) is 1.93. The first-order chi connectivity index (χ1) is 5.13. The average molecular weight is 158 g/mol. The zero-order chi connectivity index (χ0) is 8.43. The van der Waals surface area contributed by atoms with E-state index in [1.54, 1.807) is 0 Å². The Bertz CT molecular complexity index is 262. The summed E-state index contributed by atoms with van der Waals surface area (Å²) in [5, 5.41) is 25.5. The van der Waals surface area contributed by atoms with Crippen LogP contribution in [0.1, 0.15) is 22.4 Å². The van der Waals surface area contributed by atoms with E-state index in [2.05, 4.69) is 4.42 Å². The molecule has 0 aliphatic rings. The van der Waals surface area contributed by atoms with Crippen molar-refractivity contribution in [3.63, 3.8) is 0 Å². The number of rotatable bonds is 2. The number of aliphatic hydroxyl groups excluding tert-OH is 1. The largest absolute Gasteiger partial charge is 0.475 e. The van der Waals surface area contributed by atoms with Crippen molar-refractivity contribution >= 4 is 5.97 Å². The van der Waals surface area contributed by atoms with Crippen molar-refractivity contribution in [2.75, 3.05) is 0 Å². The molecule has 1 aromatic rings. The first-order valence-electron chi connectivity index (χ1n) is 2.79. The lowest BCUT2D eigenvalue weighted by atomic mass is 10.2. The van der Waals surface area contributed by atoms with Crippen LogP contribution in [0.3, 0.4) is 0 Å². The van der Waals surface area contributed by atoms with Crippen molar-refractivity contribution in [2.24, 2.45) is 0 Å². The lowest BCUT2D eigenvalue weighted by molar-refractivity contribution is -0.0438. The summed E-state index contributed by atoms with van der Waals surface area (Å²) in [5.74, 6) is -1.77. The number of furan rings is 1. The number of aliphatic hydroxyl groups is 2. The molecule has 1 rings (SSSR count). The minimum absolute atomic E-state index is 0.141. The Balaban J connectivity index is 3.06. The molecule has 0 unspecified atom stereocenters. The average Bonchev–Trinajstić information content (AvgIpc) is 2.32. The van der Waals surface area contributed by atoms with Crippen molar-refractivity contribution in [3.05, 3.63) is 23.7 Å². The smallest absolute Gasteiger partial charge is 0.372 e. The Hall–Kier alpha value is -1.33. The molecule has 5 heteroatoms. The van der Waals surface area contributed by atoms with Gasteiger partial charge in [-0.15, -0.1) is 0 Å². The molecular weight excluding hydrogens is 152 g/mol. The molecule has 3 N–H and O–H groups in total. The molecule has 0 radical (unpaired) electrons. The Morgan fingerprint density at radius 2 is 2.18 bits per heavy atom. The third-order valence-corrected chi connectivity index (χ3v) is 1.17. The van der Waals surface area contributed by atoms with Gasteiger partial charge in [0.1, 0.15) is 0 Å². The SMILES string of the molecule is O=C(O)c1occc1C(O)O. The van der Waals surface area contributed by atoms with E-state index in [1.807, 2.05) is 0 Å². The standard InChI is InChI=1S/C6H6O5/c7-5(8)3-1-2-11-4(3)6(9)10/h1-2,5,7-8H,(H,9,10). The van der Waals surface area contributed by atoms with Crippen LogP contribution in [0.15, 0.2) is 16.7 Å². The van der Waals surface area contributed by atoms with Crippen molar-refractivity contribution < 1.29 is 24.5 Å². The maximum absolute atomic E-state index is 10.3. The summed E-state index contributed by atoms with van der Waals surface area (Å²) in [7, 11) is 0. The van der Waals surface area contributed by atoms with Gasteiger partial charge in [-0.3, -0.25) is 0 Å². The van der Waals surface area contributed by atoms with E-state index >= 15 is 0 Å². The third-order valence-electron chi connectivity index (χ3n) is 1.17. The maximum Gasteiger partial charge on any atom is 0.372 e. The molecule has 5 nitrogen and oxygen atoms in total. The van der Waals surface area contributed by atoms with Gasteiger partial charge in [0, 0.05) is 0 Å². The lowest BCUT2D eigenvalue weighted by Gasteiger charge is -1.98. The van der Waals surface area contributed by atoms with E-state index in [1.165, 1.54) is 6.07 Å². The molecule has 11 heavy (non-hydrogen) atoms. The minimum atomic E-state index is -1.81. The van der Waals surface area contributed by atoms with Crippen LogP contribution >= 0.6 is 0 Å². The highest BCUT2D eigenvalue weighted by atomic mass is 16.5. The molecule has 60 valence electrons. The van der Waals surface area contributed by atoms with Crippen LogP contribution in [0.2, 0.25) is 0 Å². The number of aromatic carboxylic acids is 1. The predicted octanol–water partition coefficient (Wildman–Crippen LogP) is -0.0390. The number of carbonyl (C=O) groups is 1. The molecule has 0 aliphatic carbocycles. The van der Waals surface area contributed by atoms with E-state index < -0.39 is 18.0 Å². The van der Waals surface area contributed by atoms with Gasteiger partial charge in [0.25, 0.3) is 0 Å². The van der Waals surface area contributed by atoms with Crippen LogP contribution in [0, 0.1) is 0 Å². The lowest BCUT2D eigenvalue weighted by Crippen LogP contribution is -2.02. The van der Waals surface area contributed by atoms with E-state index in [0.717, 1.165) is 6.26 Å². The Morgan fingerprint density at radius 1 is 1.55 bits per heavy atom. The summed E-state index contributed by atoms with van der Waals surface area (Å²) in [5.41, 5.74) is -0.141. The van der Waals surface area contributed by atoms with Crippen LogP contribution < -0.4 is 0 Å². The quantitative estimate of drug-likeness (QED) is 0.525. The summed E-state index contributed by atoms with van der Waals surface area (Å²) in [6.07, 6.45) is -0.724. The van der Waals surface area contributed by atoms with Crippen molar-refractivity contribution in [3.8, 4) is 0 Å². The second kappa shape index (κ2) is 2.73. The second-order valence-electron chi connectivity index (χ2n) is 1.88. The molecule has 0 aromatic carbocycles. The molecule has 0 bridgehead atoms. The highest BCUT2D eigenvalue weighted by Crippen LogP contribution is 2.16. The molecule has 0 fully saturated rings. The molecule has 0 amide bonds. The summed E-state index contributed by atoms with van der Waals surface area (Å²) in [4.78, 5) is 10.3. The van der Waals surface area contributed by atoms with E-state index in [9.17, 15) is 4.79 Å². The monoisotopic (exact) mass is 158 g/mol. The molecule has 0 aliphatic heterocycles. The van der Waals surface area contributed by atoms with Gasteiger partial charge < -0.3 is 19.7 Å². The first-order valence-corrected chi connectivity index (χ1v) is 2.79. The van der Waals surface area contributed by atoms with E-state index in [0.29, 0.717) is 0 Å². The van der Waals surface area contributed by atoms with Gasteiger partial charge in [0.2, 0.25) is 5.76 Å². The summed E-state index contributed by atoms with van der Waals surface area (Å²) in [6, 6.07) is 1.19. The third kappa shape index (κ3) is 1.39. The van der Waals surface area contributed by atoms with E-state index in [-0.39, 0.29) is 5.56 Å². The summed E-state index contributed by atoms with van der Waals surface area (Å²) in [6.45, 7) is 0. The Labute approximate surface area is 61.5 Å². The summed E-state index contributed by atoms with van der Waals surface area (Å²) < 4.78 is 4.47. The fraction of sp³-hybridized carbons (Fsp3) is 0.167. The van der Waals surface area contributed by atoms with Gasteiger partial charge >= 0.3 is 5.97 Å². The minimum Gasteiger partial charge on any atom is -0.475 e. The molecule has 0 saturated heterocycles. The molecule has 1 aromatic heterocycles.